The highest BCUT2D eigenvalue weighted by Crippen LogP contribution is 2.26. The van der Waals surface area contributed by atoms with Crippen molar-refractivity contribution in [1.29, 1.82) is 0 Å². The van der Waals surface area contributed by atoms with Crippen molar-refractivity contribution >= 4 is 28.9 Å². The summed E-state index contributed by atoms with van der Waals surface area (Å²) in [5.74, 6) is -0.855. The second-order valence-electron chi connectivity index (χ2n) is 4.98. The number of aromatic carboxylic acids is 1. The van der Waals surface area contributed by atoms with Gasteiger partial charge >= 0.3 is 5.97 Å². The van der Waals surface area contributed by atoms with Gasteiger partial charge in [-0.1, -0.05) is 0 Å². The van der Waals surface area contributed by atoms with Crippen LogP contribution in [0.4, 0.5) is 5.69 Å². The lowest BCUT2D eigenvalue weighted by molar-refractivity contribution is -0.116. The molecule has 1 heterocycles. The summed E-state index contributed by atoms with van der Waals surface area (Å²) in [6, 6.07) is 4.35. The summed E-state index contributed by atoms with van der Waals surface area (Å²) in [6.07, 6.45) is 1.82. The Morgan fingerprint density at radius 3 is 2.78 bits per heavy atom. The third-order valence-electron chi connectivity index (χ3n) is 3.23. The third-order valence-corrected chi connectivity index (χ3v) is 4.05. The van der Waals surface area contributed by atoms with E-state index < -0.39 is 5.97 Å². The van der Waals surface area contributed by atoms with Crippen molar-refractivity contribution in [2.24, 2.45) is 0 Å². The summed E-state index contributed by atoms with van der Waals surface area (Å²) in [5, 5.41) is 14.7. The molecular formula is C16H18N2O4S. The molecule has 0 unspecified atom stereocenters. The SMILES string of the molecule is COc1cc(C(=O)O)ccc1NC(=O)CCCc1csc(C)n1. The van der Waals surface area contributed by atoms with Crippen molar-refractivity contribution in [2.75, 3.05) is 12.4 Å². The number of carboxylic acids is 1. The Hall–Kier alpha value is -2.41. The first-order valence-electron chi connectivity index (χ1n) is 7.12. The minimum Gasteiger partial charge on any atom is -0.495 e. The van der Waals surface area contributed by atoms with E-state index in [9.17, 15) is 9.59 Å². The fraction of sp³-hybridized carbons (Fsp3) is 0.312. The summed E-state index contributed by atoms with van der Waals surface area (Å²) in [5.41, 5.74) is 1.58. The number of methoxy groups -OCH3 is 1. The van der Waals surface area contributed by atoms with Gasteiger partial charge in [0.25, 0.3) is 0 Å². The molecule has 6 nitrogen and oxygen atoms in total. The maximum atomic E-state index is 12.0. The monoisotopic (exact) mass is 334 g/mol. The molecule has 23 heavy (non-hydrogen) atoms. The smallest absolute Gasteiger partial charge is 0.335 e. The molecule has 7 heteroatoms. The van der Waals surface area contributed by atoms with E-state index in [1.807, 2.05) is 12.3 Å². The summed E-state index contributed by atoms with van der Waals surface area (Å²) in [6.45, 7) is 1.95. The summed E-state index contributed by atoms with van der Waals surface area (Å²) < 4.78 is 5.13. The van der Waals surface area contributed by atoms with Gasteiger partial charge in [-0.2, -0.15) is 0 Å². The van der Waals surface area contributed by atoms with Gasteiger partial charge in [-0.3, -0.25) is 4.79 Å². The molecule has 0 aliphatic rings. The fourth-order valence-corrected chi connectivity index (χ4v) is 2.74. The number of nitrogens with one attached hydrogen (secondary N) is 1. The van der Waals surface area contributed by atoms with Gasteiger partial charge in [0.15, 0.2) is 0 Å². The average molecular weight is 334 g/mol. The van der Waals surface area contributed by atoms with E-state index in [0.717, 1.165) is 17.1 Å². The molecule has 0 saturated carbocycles. The number of amides is 1. The summed E-state index contributed by atoms with van der Waals surface area (Å²) >= 11 is 1.60. The first-order valence-corrected chi connectivity index (χ1v) is 7.99. The van der Waals surface area contributed by atoms with Crippen LogP contribution in [0.3, 0.4) is 0 Å². The van der Waals surface area contributed by atoms with Gasteiger partial charge in [-0.25, -0.2) is 9.78 Å². The molecular weight excluding hydrogens is 316 g/mol. The van der Waals surface area contributed by atoms with Crippen LogP contribution in [0.25, 0.3) is 0 Å². The van der Waals surface area contributed by atoms with Crippen LogP contribution >= 0.6 is 11.3 Å². The molecule has 2 aromatic rings. The maximum Gasteiger partial charge on any atom is 0.335 e. The molecule has 1 aromatic carbocycles. The molecule has 0 radical (unpaired) electrons. The Morgan fingerprint density at radius 1 is 1.39 bits per heavy atom. The minimum absolute atomic E-state index is 0.110. The van der Waals surface area contributed by atoms with E-state index in [-0.39, 0.29) is 11.5 Å². The van der Waals surface area contributed by atoms with Crippen LogP contribution in [0, 0.1) is 6.92 Å². The predicted molar refractivity (Wildman–Crippen MR) is 88.4 cm³/mol. The van der Waals surface area contributed by atoms with Gasteiger partial charge in [0, 0.05) is 11.8 Å². The Bertz CT molecular complexity index is 712. The molecule has 1 amide bonds. The van der Waals surface area contributed by atoms with Gasteiger partial charge in [0.1, 0.15) is 5.75 Å². The zero-order chi connectivity index (χ0) is 16.8. The standard InChI is InChI=1S/C16H18N2O4S/c1-10-17-12(9-23-10)4-3-5-15(19)18-13-7-6-11(16(20)21)8-14(13)22-2/h6-9H,3-5H2,1-2H3,(H,18,19)(H,20,21). The second kappa shape index (κ2) is 7.73. The number of rotatable bonds is 7. The minimum atomic E-state index is -1.04. The number of carboxylic acid groups (broad SMARTS) is 1. The van der Waals surface area contributed by atoms with Crippen LogP contribution in [-0.4, -0.2) is 29.1 Å². The number of aromatic nitrogens is 1. The molecule has 0 aliphatic carbocycles. The number of hydrogen-bond donors (Lipinski definition) is 2. The average Bonchev–Trinajstić information content (AvgIpc) is 2.93. The van der Waals surface area contributed by atoms with E-state index in [1.54, 1.807) is 11.3 Å². The molecule has 0 spiro atoms. The van der Waals surface area contributed by atoms with Crippen LogP contribution in [0.2, 0.25) is 0 Å². The summed E-state index contributed by atoms with van der Waals surface area (Å²) in [7, 11) is 1.43. The number of aryl methyl sites for hydroxylation is 2. The zero-order valence-corrected chi connectivity index (χ0v) is 13.8. The molecule has 0 saturated heterocycles. The van der Waals surface area contributed by atoms with Crippen LogP contribution in [-0.2, 0) is 11.2 Å². The normalized spacial score (nSPS) is 10.3. The maximum absolute atomic E-state index is 12.0. The highest BCUT2D eigenvalue weighted by atomic mass is 32.1. The zero-order valence-electron chi connectivity index (χ0n) is 13.0. The Labute approximate surface area is 138 Å². The third kappa shape index (κ3) is 4.79. The summed E-state index contributed by atoms with van der Waals surface area (Å²) in [4.78, 5) is 27.3. The second-order valence-corrected chi connectivity index (χ2v) is 6.04. The number of carbonyl (C=O) groups is 2. The lowest BCUT2D eigenvalue weighted by Gasteiger charge is -2.10. The number of thiazole rings is 1. The van der Waals surface area contributed by atoms with Crippen molar-refractivity contribution < 1.29 is 19.4 Å². The predicted octanol–water partition coefficient (Wildman–Crippen LogP) is 3.12. The van der Waals surface area contributed by atoms with Crippen LogP contribution < -0.4 is 10.1 Å². The number of nitrogens with zero attached hydrogens (tertiary/aromatic N) is 1. The fourth-order valence-electron chi connectivity index (χ4n) is 2.09. The van der Waals surface area contributed by atoms with Crippen LogP contribution in [0.1, 0.15) is 33.9 Å². The Balaban J connectivity index is 1.90. The van der Waals surface area contributed by atoms with Crippen LogP contribution in [0.5, 0.6) is 5.75 Å². The van der Waals surface area contributed by atoms with Crippen LogP contribution in [0.15, 0.2) is 23.6 Å². The topological polar surface area (TPSA) is 88.5 Å². The van der Waals surface area contributed by atoms with Gasteiger partial charge < -0.3 is 15.2 Å². The number of carbonyl (C=O) groups excluding carboxylic acids is 1. The number of hydrogen-bond acceptors (Lipinski definition) is 5. The van der Waals surface area contributed by atoms with Crippen molar-refractivity contribution in [2.45, 2.75) is 26.2 Å². The number of ether oxygens (including phenoxy) is 1. The first-order chi connectivity index (χ1) is 11.0. The van der Waals surface area contributed by atoms with E-state index in [1.165, 1.54) is 25.3 Å². The highest BCUT2D eigenvalue weighted by molar-refractivity contribution is 7.09. The molecule has 0 atom stereocenters. The van der Waals surface area contributed by atoms with E-state index >= 15 is 0 Å². The van der Waals surface area contributed by atoms with Crippen molar-refractivity contribution in [3.05, 3.63) is 39.8 Å². The van der Waals surface area contributed by atoms with Gasteiger partial charge in [0.05, 0.1) is 29.1 Å². The van der Waals surface area contributed by atoms with E-state index in [2.05, 4.69) is 10.3 Å². The Kier molecular flexibility index (Phi) is 5.70. The molecule has 2 N–H and O–H groups in total. The van der Waals surface area contributed by atoms with E-state index in [0.29, 0.717) is 24.3 Å². The van der Waals surface area contributed by atoms with Gasteiger partial charge in [-0.05, 0) is 38.0 Å². The molecule has 0 fully saturated rings. The van der Waals surface area contributed by atoms with Crippen molar-refractivity contribution in [1.82, 2.24) is 4.98 Å². The van der Waals surface area contributed by atoms with Gasteiger partial charge in [0.2, 0.25) is 5.91 Å². The first kappa shape index (κ1) is 17.0. The number of benzene rings is 1. The lowest BCUT2D eigenvalue weighted by atomic mass is 10.1. The molecule has 1 aromatic heterocycles. The van der Waals surface area contributed by atoms with Crippen molar-refractivity contribution in [3.63, 3.8) is 0 Å². The lowest BCUT2D eigenvalue weighted by Crippen LogP contribution is -2.12. The van der Waals surface area contributed by atoms with E-state index in [4.69, 9.17) is 9.84 Å². The molecule has 2 rings (SSSR count). The molecule has 122 valence electrons. The molecule has 0 aliphatic heterocycles. The Morgan fingerprint density at radius 2 is 2.17 bits per heavy atom. The molecule has 0 bridgehead atoms. The van der Waals surface area contributed by atoms with Gasteiger partial charge in [-0.15, -0.1) is 11.3 Å². The largest absolute Gasteiger partial charge is 0.495 e. The van der Waals surface area contributed by atoms with Crippen molar-refractivity contribution in [3.8, 4) is 5.75 Å². The quantitative estimate of drug-likeness (QED) is 0.812. The highest BCUT2D eigenvalue weighted by Gasteiger charge is 2.11. The number of anilines is 1.